The van der Waals surface area contributed by atoms with Gasteiger partial charge in [-0.05, 0) is 36.2 Å². The SMILES string of the molecule is CCc1ccc(Nc2ncc(C(F)(F)F)c(Nc3ccccc3C#N)n2)cc1. The topological polar surface area (TPSA) is 73.6 Å². The molecule has 1 heterocycles. The van der Waals surface area contributed by atoms with Crippen molar-refractivity contribution in [3.05, 3.63) is 71.4 Å². The second kappa shape index (κ2) is 7.96. The van der Waals surface area contributed by atoms with E-state index in [1.54, 1.807) is 24.3 Å². The van der Waals surface area contributed by atoms with E-state index in [1.807, 2.05) is 25.1 Å². The predicted molar refractivity (Wildman–Crippen MR) is 101 cm³/mol. The molecule has 3 aromatic rings. The number of aryl methyl sites for hydroxylation is 1. The maximum absolute atomic E-state index is 13.4. The third kappa shape index (κ3) is 4.38. The van der Waals surface area contributed by atoms with Gasteiger partial charge in [0.2, 0.25) is 5.95 Å². The van der Waals surface area contributed by atoms with Gasteiger partial charge in [0.25, 0.3) is 0 Å². The first kappa shape index (κ1) is 19.2. The average Bonchev–Trinajstić information content (AvgIpc) is 2.68. The van der Waals surface area contributed by atoms with Gasteiger partial charge in [-0.15, -0.1) is 0 Å². The van der Waals surface area contributed by atoms with Gasteiger partial charge >= 0.3 is 6.18 Å². The van der Waals surface area contributed by atoms with E-state index in [1.165, 1.54) is 12.1 Å². The molecule has 142 valence electrons. The van der Waals surface area contributed by atoms with Gasteiger partial charge in [0.1, 0.15) is 17.5 Å². The number of nitrogens with one attached hydrogen (secondary N) is 2. The van der Waals surface area contributed by atoms with Crippen molar-refractivity contribution in [3.63, 3.8) is 0 Å². The zero-order valence-electron chi connectivity index (χ0n) is 14.9. The third-order valence-corrected chi connectivity index (χ3v) is 4.01. The number of nitrogens with zero attached hydrogens (tertiary/aromatic N) is 3. The lowest BCUT2D eigenvalue weighted by molar-refractivity contribution is -0.137. The summed E-state index contributed by atoms with van der Waals surface area (Å²) >= 11 is 0. The van der Waals surface area contributed by atoms with Crippen LogP contribution in [0.25, 0.3) is 0 Å². The highest BCUT2D eigenvalue weighted by atomic mass is 19.4. The number of hydrogen-bond donors (Lipinski definition) is 2. The summed E-state index contributed by atoms with van der Waals surface area (Å²) < 4.78 is 40.1. The van der Waals surface area contributed by atoms with Gasteiger partial charge in [-0.1, -0.05) is 31.2 Å². The molecule has 0 aliphatic heterocycles. The Morgan fingerprint density at radius 2 is 1.75 bits per heavy atom. The Hall–Kier alpha value is -3.60. The fraction of sp³-hybridized carbons (Fsp3) is 0.150. The van der Waals surface area contributed by atoms with Crippen molar-refractivity contribution < 1.29 is 13.2 Å². The predicted octanol–water partition coefficient (Wildman–Crippen LogP) is 5.42. The molecule has 0 saturated carbocycles. The molecule has 0 fully saturated rings. The summed E-state index contributed by atoms with van der Waals surface area (Å²) in [6, 6.07) is 15.6. The lowest BCUT2D eigenvalue weighted by Crippen LogP contribution is -2.13. The van der Waals surface area contributed by atoms with E-state index in [0.717, 1.165) is 12.0 Å². The molecular formula is C20H16F3N5. The van der Waals surface area contributed by atoms with Gasteiger partial charge in [0.15, 0.2) is 0 Å². The molecular weight excluding hydrogens is 367 g/mol. The summed E-state index contributed by atoms with van der Waals surface area (Å²) in [4.78, 5) is 7.77. The molecule has 0 radical (unpaired) electrons. The molecule has 0 spiro atoms. The van der Waals surface area contributed by atoms with Crippen LogP contribution in [0.2, 0.25) is 0 Å². The van der Waals surface area contributed by atoms with Crippen molar-refractivity contribution in [3.8, 4) is 6.07 Å². The van der Waals surface area contributed by atoms with Crippen LogP contribution in [0.5, 0.6) is 0 Å². The largest absolute Gasteiger partial charge is 0.421 e. The molecule has 0 unspecified atom stereocenters. The van der Waals surface area contributed by atoms with Crippen LogP contribution in [0, 0.1) is 11.3 Å². The molecule has 0 bridgehead atoms. The van der Waals surface area contributed by atoms with Crippen molar-refractivity contribution in [1.29, 1.82) is 5.26 Å². The zero-order valence-corrected chi connectivity index (χ0v) is 14.9. The molecule has 3 rings (SSSR count). The van der Waals surface area contributed by atoms with Crippen LogP contribution >= 0.6 is 0 Å². The lowest BCUT2D eigenvalue weighted by atomic mass is 10.1. The minimum atomic E-state index is -4.65. The van der Waals surface area contributed by atoms with Crippen LogP contribution in [0.4, 0.5) is 36.3 Å². The summed E-state index contributed by atoms with van der Waals surface area (Å²) in [6.45, 7) is 2.03. The Morgan fingerprint density at radius 3 is 2.39 bits per heavy atom. The fourth-order valence-electron chi connectivity index (χ4n) is 2.51. The molecule has 0 aliphatic rings. The second-order valence-corrected chi connectivity index (χ2v) is 5.91. The van der Waals surface area contributed by atoms with Crippen LogP contribution in [0.15, 0.2) is 54.7 Å². The Bertz CT molecular complexity index is 1010. The lowest BCUT2D eigenvalue weighted by Gasteiger charge is -2.15. The molecule has 2 N–H and O–H groups in total. The van der Waals surface area contributed by atoms with Gasteiger partial charge < -0.3 is 10.6 Å². The molecule has 0 aliphatic carbocycles. The number of para-hydroxylation sites is 1. The number of hydrogen-bond acceptors (Lipinski definition) is 5. The number of alkyl halides is 3. The van der Waals surface area contributed by atoms with E-state index in [0.29, 0.717) is 11.9 Å². The number of benzene rings is 2. The van der Waals surface area contributed by atoms with Crippen molar-refractivity contribution in [2.24, 2.45) is 0 Å². The van der Waals surface area contributed by atoms with Crippen LogP contribution < -0.4 is 10.6 Å². The summed E-state index contributed by atoms with van der Waals surface area (Å²) in [6.07, 6.45) is -3.05. The van der Waals surface area contributed by atoms with Gasteiger partial charge in [-0.3, -0.25) is 0 Å². The van der Waals surface area contributed by atoms with Crippen LogP contribution in [-0.2, 0) is 12.6 Å². The van der Waals surface area contributed by atoms with Gasteiger partial charge in [0, 0.05) is 11.9 Å². The highest BCUT2D eigenvalue weighted by Gasteiger charge is 2.35. The van der Waals surface area contributed by atoms with Gasteiger partial charge in [-0.25, -0.2) is 4.98 Å². The Balaban J connectivity index is 1.96. The van der Waals surface area contributed by atoms with E-state index >= 15 is 0 Å². The maximum Gasteiger partial charge on any atom is 0.421 e. The Kier molecular flexibility index (Phi) is 5.45. The number of aromatic nitrogens is 2. The molecule has 1 aromatic heterocycles. The highest BCUT2D eigenvalue weighted by Crippen LogP contribution is 2.35. The fourth-order valence-corrected chi connectivity index (χ4v) is 2.51. The van der Waals surface area contributed by atoms with E-state index in [4.69, 9.17) is 5.26 Å². The second-order valence-electron chi connectivity index (χ2n) is 5.91. The van der Waals surface area contributed by atoms with Crippen molar-refractivity contribution in [1.82, 2.24) is 9.97 Å². The summed E-state index contributed by atoms with van der Waals surface area (Å²) in [7, 11) is 0. The number of anilines is 4. The number of halogens is 3. The molecule has 2 aromatic carbocycles. The summed E-state index contributed by atoms with van der Waals surface area (Å²) in [5.74, 6) is -0.424. The highest BCUT2D eigenvalue weighted by molar-refractivity contribution is 5.67. The minimum Gasteiger partial charge on any atom is -0.338 e. The van der Waals surface area contributed by atoms with E-state index in [-0.39, 0.29) is 17.2 Å². The van der Waals surface area contributed by atoms with Crippen molar-refractivity contribution in [2.45, 2.75) is 19.5 Å². The Labute approximate surface area is 159 Å². The Morgan fingerprint density at radius 1 is 1.04 bits per heavy atom. The average molecular weight is 383 g/mol. The van der Waals surface area contributed by atoms with Crippen LogP contribution in [-0.4, -0.2) is 9.97 Å². The molecule has 5 nitrogen and oxygen atoms in total. The quantitative estimate of drug-likeness (QED) is 0.616. The van der Waals surface area contributed by atoms with E-state index < -0.39 is 17.6 Å². The number of nitriles is 1. The monoisotopic (exact) mass is 383 g/mol. The third-order valence-electron chi connectivity index (χ3n) is 4.01. The van der Waals surface area contributed by atoms with Crippen molar-refractivity contribution >= 4 is 23.1 Å². The molecule has 0 saturated heterocycles. The summed E-state index contributed by atoms with van der Waals surface area (Å²) in [5, 5.41) is 14.7. The zero-order chi connectivity index (χ0) is 20.1. The first-order valence-corrected chi connectivity index (χ1v) is 8.47. The smallest absolute Gasteiger partial charge is 0.338 e. The minimum absolute atomic E-state index is 0.00851. The molecule has 0 atom stereocenters. The van der Waals surface area contributed by atoms with Crippen molar-refractivity contribution in [2.75, 3.05) is 10.6 Å². The van der Waals surface area contributed by atoms with Crippen LogP contribution in [0.1, 0.15) is 23.6 Å². The van der Waals surface area contributed by atoms with E-state index in [9.17, 15) is 13.2 Å². The van der Waals surface area contributed by atoms with E-state index in [2.05, 4.69) is 20.6 Å². The molecule has 8 heteroatoms. The maximum atomic E-state index is 13.4. The number of rotatable bonds is 5. The summed E-state index contributed by atoms with van der Waals surface area (Å²) in [5.41, 5.74) is 1.20. The first-order chi connectivity index (χ1) is 13.4. The van der Waals surface area contributed by atoms with Crippen LogP contribution in [0.3, 0.4) is 0 Å². The standard InChI is InChI=1S/C20H16F3N5/c1-2-13-7-9-15(10-8-13)26-19-25-12-16(20(21,22)23)18(28-19)27-17-6-4-3-5-14(17)11-24/h3-10,12H,2H2,1H3,(H2,25,26,27,28). The molecule has 0 amide bonds. The normalized spacial score (nSPS) is 11.0. The first-order valence-electron chi connectivity index (χ1n) is 8.47. The van der Waals surface area contributed by atoms with Gasteiger partial charge in [0.05, 0.1) is 11.3 Å². The molecule has 28 heavy (non-hydrogen) atoms. The van der Waals surface area contributed by atoms with Gasteiger partial charge in [-0.2, -0.15) is 23.4 Å².